The summed E-state index contributed by atoms with van der Waals surface area (Å²) in [5.74, 6) is -1.24. The predicted octanol–water partition coefficient (Wildman–Crippen LogP) is 1.87. The number of carbonyl (C=O) groups excluding carboxylic acids is 1. The number of ether oxygens (including phenoxy) is 1. The first-order valence-corrected chi connectivity index (χ1v) is 7.38. The Hall–Kier alpha value is -3.30. The third-order valence-electron chi connectivity index (χ3n) is 3.21. The molecule has 1 N–H and O–H groups in total. The van der Waals surface area contributed by atoms with E-state index in [1.807, 2.05) is 0 Å². The third kappa shape index (κ3) is 4.37. The van der Waals surface area contributed by atoms with Crippen LogP contribution in [-0.2, 0) is 11.3 Å². The van der Waals surface area contributed by atoms with E-state index in [2.05, 4.69) is 15.6 Å². The zero-order valence-electron chi connectivity index (χ0n) is 13.5. The van der Waals surface area contributed by atoms with Gasteiger partial charge >= 0.3 is 5.69 Å². The second kappa shape index (κ2) is 7.99. The summed E-state index contributed by atoms with van der Waals surface area (Å²) >= 11 is 0. The van der Waals surface area contributed by atoms with E-state index in [0.717, 1.165) is 10.9 Å². The number of benzene rings is 1. The van der Waals surface area contributed by atoms with E-state index in [9.17, 15) is 19.3 Å². The lowest BCUT2D eigenvalue weighted by Crippen LogP contribution is -2.33. The molecular formula is C15H16FN5O4. The third-order valence-corrected chi connectivity index (χ3v) is 3.21. The van der Waals surface area contributed by atoms with Crippen molar-refractivity contribution in [2.24, 2.45) is 5.10 Å². The second-order valence-electron chi connectivity index (χ2n) is 4.93. The number of nitro groups is 1. The van der Waals surface area contributed by atoms with Crippen LogP contribution in [0.3, 0.4) is 0 Å². The number of hydrogen-bond donors (Lipinski definition) is 1. The summed E-state index contributed by atoms with van der Waals surface area (Å²) in [6.07, 6.45) is 1.35. The quantitative estimate of drug-likeness (QED) is 0.466. The van der Waals surface area contributed by atoms with Gasteiger partial charge in [-0.1, -0.05) is 12.1 Å². The molecule has 0 aliphatic heterocycles. The van der Waals surface area contributed by atoms with Crippen molar-refractivity contribution in [2.45, 2.75) is 26.5 Å². The highest BCUT2D eigenvalue weighted by Gasteiger charge is 2.20. The fourth-order valence-corrected chi connectivity index (χ4v) is 1.90. The van der Waals surface area contributed by atoms with Gasteiger partial charge in [0.2, 0.25) is 5.95 Å². The lowest BCUT2D eigenvalue weighted by molar-refractivity contribution is -0.386. The monoisotopic (exact) mass is 349 g/mol. The topological polar surface area (TPSA) is 112 Å². The summed E-state index contributed by atoms with van der Waals surface area (Å²) in [5, 5.41) is 18.4. The van der Waals surface area contributed by atoms with Gasteiger partial charge in [0.25, 0.3) is 5.91 Å². The molecule has 1 aromatic carbocycles. The average molecular weight is 349 g/mol. The van der Waals surface area contributed by atoms with Crippen molar-refractivity contribution in [3.63, 3.8) is 0 Å². The number of nitrogens with zero attached hydrogens (tertiary/aromatic N) is 4. The number of hydrazone groups is 1. The standard InChI is InChI=1S/C15H16FN5O4/c1-3-20-14(16)11(9-18-20)8-17-19-15(22)10(2)25-13-7-5-4-6-12(13)21(23)24/h4-10H,3H2,1-2H3,(H,19,22)/b17-8-/t10-/m1/s1. The zero-order chi connectivity index (χ0) is 18.4. The molecule has 0 radical (unpaired) electrons. The molecule has 0 saturated carbocycles. The molecule has 0 spiro atoms. The van der Waals surface area contributed by atoms with E-state index in [1.54, 1.807) is 13.0 Å². The molecule has 0 aliphatic rings. The van der Waals surface area contributed by atoms with Crippen LogP contribution in [0.4, 0.5) is 10.1 Å². The minimum atomic E-state index is -1.04. The van der Waals surface area contributed by atoms with Crippen LogP contribution in [0.5, 0.6) is 5.75 Å². The number of halogens is 1. The number of carbonyl (C=O) groups is 1. The molecule has 25 heavy (non-hydrogen) atoms. The van der Waals surface area contributed by atoms with Crippen LogP contribution in [0.1, 0.15) is 19.4 Å². The van der Waals surface area contributed by atoms with Gasteiger partial charge in [-0.05, 0) is 19.9 Å². The van der Waals surface area contributed by atoms with Crippen LogP contribution in [0.25, 0.3) is 0 Å². The molecule has 1 heterocycles. The summed E-state index contributed by atoms with van der Waals surface area (Å²) in [4.78, 5) is 22.2. The molecular weight excluding hydrogens is 333 g/mol. The normalized spacial score (nSPS) is 12.1. The highest BCUT2D eigenvalue weighted by atomic mass is 19.1. The van der Waals surface area contributed by atoms with Crippen LogP contribution in [-0.4, -0.2) is 32.9 Å². The molecule has 10 heteroatoms. The predicted molar refractivity (Wildman–Crippen MR) is 86.8 cm³/mol. The van der Waals surface area contributed by atoms with Gasteiger partial charge in [0.1, 0.15) is 0 Å². The van der Waals surface area contributed by atoms with E-state index in [4.69, 9.17) is 4.74 Å². The highest BCUT2D eigenvalue weighted by Crippen LogP contribution is 2.26. The Morgan fingerprint density at radius 3 is 2.92 bits per heavy atom. The fraction of sp³-hybridized carbons (Fsp3) is 0.267. The molecule has 132 valence electrons. The van der Waals surface area contributed by atoms with E-state index in [1.165, 1.54) is 31.3 Å². The highest BCUT2D eigenvalue weighted by molar-refractivity contribution is 5.84. The first-order valence-electron chi connectivity index (χ1n) is 7.38. The molecule has 9 nitrogen and oxygen atoms in total. The maximum Gasteiger partial charge on any atom is 0.310 e. The summed E-state index contributed by atoms with van der Waals surface area (Å²) in [7, 11) is 0. The van der Waals surface area contributed by atoms with Gasteiger partial charge in [-0.3, -0.25) is 14.9 Å². The Kier molecular flexibility index (Phi) is 5.77. The minimum Gasteiger partial charge on any atom is -0.474 e. The largest absolute Gasteiger partial charge is 0.474 e. The SMILES string of the molecule is CCn1ncc(/C=N\NC(=O)[C@@H](C)Oc2ccccc2[N+](=O)[O-])c1F. The van der Waals surface area contributed by atoms with E-state index >= 15 is 0 Å². The first-order chi connectivity index (χ1) is 11.9. The number of hydrogen-bond acceptors (Lipinski definition) is 6. The van der Waals surface area contributed by atoms with Gasteiger partial charge in [0.05, 0.1) is 22.9 Å². The van der Waals surface area contributed by atoms with Crippen LogP contribution >= 0.6 is 0 Å². The molecule has 1 atom stereocenters. The molecule has 2 rings (SSSR count). The van der Waals surface area contributed by atoms with Gasteiger partial charge in [-0.2, -0.15) is 14.6 Å². The number of amides is 1. The Labute approximate surface area is 142 Å². The second-order valence-corrected chi connectivity index (χ2v) is 4.93. The van der Waals surface area contributed by atoms with E-state index in [-0.39, 0.29) is 17.0 Å². The van der Waals surface area contributed by atoms with Gasteiger partial charge in [-0.15, -0.1) is 0 Å². The van der Waals surface area contributed by atoms with Crippen LogP contribution in [0.15, 0.2) is 35.6 Å². The lowest BCUT2D eigenvalue weighted by Gasteiger charge is -2.12. The molecule has 1 aromatic heterocycles. The lowest BCUT2D eigenvalue weighted by atomic mass is 10.3. The Bertz CT molecular complexity index is 805. The number of para-hydroxylation sites is 2. The van der Waals surface area contributed by atoms with Gasteiger partial charge in [-0.25, -0.2) is 10.1 Å². The summed E-state index contributed by atoms with van der Waals surface area (Å²) in [6.45, 7) is 3.52. The fourth-order valence-electron chi connectivity index (χ4n) is 1.90. The van der Waals surface area contributed by atoms with Crippen molar-refractivity contribution in [2.75, 3.05) is 0 Å². The van der Waals surface area contributed by atoms with Crippen molar-refractivity contribution < 1.29 is 18.8 Å². The van der Waals surface area contributed by atoms with Gasteiger partial charge < -0.3 is 4.74 Å². The van der Waals surface area contributed by atoms with Crippen LogP contribution in [0.2, 0.25) is 0 Å². The number of aromatic nitrogens is 2. The van der Waals surface area contributed by atoms with Crippen LogP contribution < -0.4 is 10.2 Å². The molecule has 2 aromatic rings. The molecule has 0 unspecified atom stereocenters. The summed E-state index contributed by atoms with van der Waals surface area (Å²) in [6, 6.07) is 5.70. The summed E-state index contributed by atoms with van der Waals surface area (Å²) < 4.78 is 20.2. The number of rotatable bonds is 7. The molecule has 0 saturated heterocycles. The molecule has 0 bridgehead atoms. The van der Waals surface area contributed by atoms with Crippen molar-refractivity contribution in [3.05, 3.63) is 52.1 Å². The van der Waals surface area contributed by atoms with E-state index in [0.29, 0.717) is 6.54 Å². The molecule has 0 fully saturated rings. The van der Waals surface area contributed by atoms with E-state index < -0.39 is 22.9 Å². The van der Waals surface area contributed by atoms with Crippen molar-refractivity contribution >= 4 is 17.8 Å². The van der Waals surface area contributed by atoms with Gasteiger partial charge in [0.15, 0.2) is 11.9 Å². The van der Waals surface area contributed by atoms with Crippen molar-refractivity contribution in [3.8, 4) is 5.75 Å². The average Bonchev–Trinajstić information content (AvgIpc) is 2.95. The number of nitro benzene ring substituents is 1. The van der Waals surface area contributed by atoms with Gasteiger partial charge in [0, 0.05) is 12.6 Å². The molecule has 0 aliphatic carbocycles. The first kappa shape index (κ1) is 18.0. The minimum absolute atomic E-state index is 0.0330. The number of aryl methyl sites for hydroxylation is 1. The zero-order valence-corrected chi connectivity index (χ0v) is 13.5. The summed E-state index contributed by atoms with van der Waals surface area (Å²) in [5.41, 5.74) is 2.06. The molecule has 1 amide bonds. The van der Waals surface area contributed by atoms with Crippen LogP contribution in [0, 0.1) is 16.1 Å². The Morgan fingerprint density at radius 1 is 1.56 bits per heavy atom. The number of nitrogens with one attached hydrogen (secondary N) is 1. The maximum absolute atomic E-state index is 13.7. The van der Waals surface area contributed by atoms with Crippen molar-refractivity contribution in [1.82, 2.24) is 15.2 Å². The Balaban J connectivity index is 1.98. The van der Waals surface area contributed by atoms with Crippen molar-refractivity contribution in [1.29, 1.82) is 0 Å². The smallest absolute Gasteiger partial charge is 0.310 e. The Morgan fingerprint density at radius 2 is 2.28 bits per heavy atom. The maximum atomic E-state index is 13.7.